The first kappa shape index (κ1) is 15.9. The molecule has 20 heavy (non-hydrogen) atoms. The van der Waals surface area contributed by atoms with Crippen LogP contribution in [0, 0.1) is 0 Å². The third kappa shape index (κ3) is 5.20. The van der Waals surface area contributed by atoms with Crippen molar-refractivity contribution >= 4 is 12.0 Å². The number of hydrogen-bond acceptors (Lipinski definition) is 6. The number of hydrogen-bond donors (Lipinski definition) is 4. The maximum absolute atomic E-state index is 11.7. The molecule has 10 nitrogen and oxygen atoms in total. The van der Waals surface area contributed by atoms with E-state index in [0.717, 1.165) is 4.68 Å². The molecule has 2 amide bonds. The maximum atomic E-state index is 11.7. The normalized spacial score (nSPS) is 10.3. The van der Waals surface area contributed by atoms with Gasteiger partial charge in [-0.15, -0.1) is 5.10 Å². The summed E-state index contributed by atoms with van der Waals surface area (Å²) in [6.07, 6.45) is 1.41. The number of carboxylic acid groups (broad SMARTS) is 1. The average Bonchev–Trinajstić information content (AvgIpc) is 2.82. The van der Waals surface area contributed by atoms with Crippen LogP contribution in [0.1, 0.15) is 5.69 Å². The van der Waals surface area contributed by atoms with Crippen molar-refractivity contribution in [1.29, 1.82) is 0 Å². The van der Waals surface area contributed by atoms with Gasteiger partial charge in [-0.3, -0.25) is 4.79 Å². The predicted molar refractivity (Wildman–Crippen MR) is 65.6 cm³/mol. The van der Waals surface area contributed by atoms with E-state index in [0.29, 0.717) is 5.69 Å². The van der Waals surface area contributed by atoms with Gasteiger partial charge in [0.25, 0.3) is 0 Å². The second-order valence-electron chi connectivity index (χ2n) is 3.89. The molecule has 0 aromatic carbocycles. The summed E-state index contributed by atoms with van der Waals surface area (Å²) in [5, 5.41) is 36.0. The van der Waals surface area contributed by atoms with Crippen LogP contribution < -0.4 is 5.32 Å². The minimum Gasteiger partial charge on any atom is -0.480 e. The number of carbonyl (C=O) groups excluding carboxylic acids is 1. The Labute approximate surface area is 114 Å². The first-order chi connectivity index (χ1) is 9.56. The Balaban J connectivity index is 2.46. The second kappa shape index (κ2) is 8.07. The van der Waals surface area contributed by atoms with E-state index in [4.69, 9.17) is 15.3 Å². The van der Waals surface area contributed by atoms with E-state index in [2.05, 4.69) is 15.6 Å². The molecule has 1 heterocycles. The molecule has 0 bridgehead atoms. The molecule has 10 heteroatoms. The van der Waals surface area contributed by atoms with Gasteiger partial charge in [0, 0.05) is 13.1 Å². The molecular weight excluding hydrogens is 270 g/mol. The molecule has 1 rings (SSSR count). The molecule has 4 N–H and O–H groups in total. The molecule has 0 spiro atoms. The number of rotatable bonds is 8. The van der Waals surface area contributed by atoms with Gasteiger partial charge in [-0.25, -0.2) is 9.48 Å². The van der Waals surface area contributed by atoms with Crippen molar-refractivity contribution < 1.29 is 24.9 Å². The summed E-state index contributed by atoms with van der Waals surface area (Å²) in [6.45, 7) is -0.422. The van der Waals surface area contributed by atoms with E-state index < -0.39 is 12.0 Å². The van der Waals surface area contributed by atoms with Gasteiger partial charge in [-0.05, 0) is 0 Å². The first-order valence-electron chi connectivity index (χ1n) is 5.92. The molecule has 0 saturated heterocycles. The average molecular weight is 287 g/mol. The Morgan fingerprint density at radius 1 is 1.30 bits per heavy atom. The molecule has 1 aromatic rings. The Morgan fingerprint density at radius 3 is 2.50 bits per heavy atom. The molecule has 0 fully saturated rings. The zero-order chi connectivity index (χ0) is 15.0. The van der Waals surface area contributed by atoms with Crippen LogP contribution in [0.4, 0.5) is 4.79 Å². The Bertz CT molecular complexity index is 443. The lowest BCUT2D eigenvalue weighted by Gasteiger charge is -2.20. The van der Waals surface area contributed by atoms with E-state index in [-0.39, 0.29) is 39.4 Å². The summed E-state index contributed by atoms with van der Waals surface area (Å²) in [5.74, 6) is -1.04. The van der Waals surface area contributed by atoms with Crippen molar-refractivity contribution in [2.45, 2.75) is 13.1 Å². The number of aromatic nitrogens is 3. The van der Waals surface area contributed by atoms with E-state index in [1.165, 1.54) is 11.1 Å². The van der Waals surface area contributed by atoms with Crippen LogP contribution in [-0.4, -0.2) is 73.5 Å². The van der Waals surface area contributed by atoms with E-state index in [9.17, 15) is 9.59 Å². The van der Waals surface area contributed by atoms with Crippen molar-refractivity contribution in [3.63, 3.8) is 0 Å². The zero-order valence-electron chi connectivity index (χ0n) is 10.8. The standard InChI is InChI=1S/C10H17N5O5/c16-3-1-14(2-4-17)10(20)11-5-8-6-15(13-12-8)7-9(18)19/h6,16-17H,1-5,7H2,(H,11,20)(H,18,19). The van der Waals surface area contributed by atoms with Gasteiger partial charge < -0.3 is 25.5 Å². The highest BCUT2D eigenvalue weighted by atomic mass is 16.4. The number of aliphatic hydroxyl groups is 2. The number of nitrogens with one attached hydrogen (secondary N) is 1. The predicted octanol–water partition coefficient (Wildman–Crippen LogP) is -2.14. The number of aliphatic carboxylic acids is 1. The number of urea groups is 1. The zero-order valence-corrected chi connectivity index (χ0v) is 10.8. The molecule has 0 atom stereocenters. The van der Waals surface area contributed by atoms with Gasteiger partial charge in [0.05, 0.1) is 26.0 Å². The van der Waals surface area contributed by atoms with Crippen LogP contribution >= 0.6 is 0 Å². The summed E-state index contributed by atoms with van der Waals surface area (Å²) in [7, 11) is 0. The Morgan fingerprint density at radius 2 is 1.95 bits per heavy atom. The summed E-state index contributed by atoms with van der Waals surface area (Å²) in [4.78, 5) is 23.4. The minimum absolute atomic E-state index is 0.0752. The molecular formula is C10H17N5O5. The van der Waals surface area contributed by atoms with Crippen molar-refractivity contribution in [3.05, 3.63) is 11.9 Å². The van der Waals surface area contributed by atoms with Crippen LogP contribution in [-0.2, 0) is 17.9 Å². The molecule has 1 aromatic heterocycles. The van der Waals surface area contributed by atoms with Crippen molar-refractivity contribution in [2.24, 2.45) is 0 Å². The number of amides is 2. The minimum atomic E-state index is -1.04. The molecule has 0 saturated carbocycles. The fourth-order valence-corrected chi connectivity index (χ4v) is 1.47. The number of carbonyl (C=O) groups is 2. The number of carboxylic acids is 1. The molecule has 112 valence electrons. The highest BCUT2D eigenvalue weighted by molar-refractivity contribution is 5.74. The van der Waals surface area contributed by atoms with Gasteiger partial charge in [0.1, 0.15) is 12.2 Å². The fraction of sp³-hybridized carbons (Fsp3) is 0.600. The lowest BCUT2D eigenvalue weighted by Crippen LogP contribution is -2.42. The van der Waals surface area contributed by atoms with Crippen molar-refractivity contribution in [3.8, 4) is 0 Å². The van der Waals surface area contributed by atoms with Crippen molar-refractivity contribution in [2.75, 3.05) is 26.3 Å². The van der Waals surface area contributed by atoms with Gasteiger partial charge in [-0.2, -0.15) is 0 Å². The fourth-order valence-electron chi connectivity index (χ4n) is 1.47. The highest BCUT2D eigenvalue weighted by Crippen LogP contribution is 1.95. The lowest BCUT2D eigenvalue weighted by atomic mass is 10.4. The molecule has 0 radical (unpaired) electrons. The smallest absolute Gasteiger partial charge is 0.325 e. The van der Waals surface area contributed by atoms with Gasteiger partial charge in [0.15, 0.2) is 0 Å². The maximum Gasteiger partial charge on any atom is 0.325 e. The van der Waals surface area contributed by atoms with Crippen LogP contribution in [0.2, 0.25) is 0 Å². The number of nitrogens with zero attached hydrogens (tertiary/aromatic N) is 4. The Kier molecular flexibility index (Phi) is 6.40. The highest BCUT2D eigenvalue weighted by Gasteiger charge is 2.12. The largest absolute Gasteiger partial charge is 0.480 e. The van der Waals surface area contributed by atoms with Crippen molar-refractivity contribution in [1.82, 2.24) is 25.2 Å². The van der Waals surface area contributed by atoms with Crippen LogP contribution in [0.15, 0.2) is 6.20 Å². The summed E-state index contributed by atoms with van der Waals surface area (Å²) < 4.78 is 1.14. The monoisotopic (exact) mass is 287 g/mol. The topological polar surface area (TPSA) is 141 Å². The first-order valence-corrected chi connectivity index (χ1v) is 5.92. The Hall–Kier alpha value is -2.20. The SMILES string of the molecule is O=C(O)Cn1cc(CNC(=O)N(CCO)CCO)nn1. The van der Waals surface area contributed by atoms with E-state index in [1.807, 2.05) is 0 Å². The molecule has 0 unspecified atom stereocenters. The van der Waals surface area contributed by atoms with E-state index in [1.54, 1.807) is 0 Å². The lowest BCUT2D eigenvalue weighted by molar-refractivity contribution is -0.137. The summed E-state index contributed by atoms with van der Waals surface area (Å²) >= 11 is 0. The quantitative estimate of drug-likeness (QED) is 0.427. The van der Waals surface area contributed by atoms with Gasteiger partial charge in [-0.1, -0.05) is 5.21 Å². The van der Waals surface area contributed by atoms with E-state index >= 15 is 0 Å². The summed E-state index contributed by atoms with van der Waals surface area (Å²) in [6, 6.07) is -0.458. The molecule has 0 aliphatic carbocycles. The van der Waals surface area contributed by atoms with Gasteiger partial charge >= 0.3 is 12.0 Å². The molecule has 0 aliphatic rings. The summed E-state index contributed by atoms with van der Waals surface area (Å²) in [5.41, 5.74) is 0.410. The van der Waals surface area contributed by atoms with Crippen LogP contribution in [0.25, 0.3) is 0 Å². The van der Waals surface area contributed by atoms with Crippen LogP contribution in [0.5, 0.6) is 0 Å². The third-order valence-corrected chi connectivity index (χ3v) is 2.33. The van der Waals surface area contributed by atoms with Gasteiger partial charge in [0.2, 0.25) is 0 Å². The molecule has 0 aliphatic heterocycles. The number of aliphatic hydroxyl groups excluding tert-OH is 2. The second-order valence-corrected chi connectivity index (χ2v) is 3.89. The third-order valence-electron chi connectivity index (χ3n) is 2.33. The van der Waals surface area contributed by atoms with Crippen LogP contribution in [0.3, 0.4) is 0 Å².